The molecule has 0 saturated heterocycles. The lowest BCUT2D eigenvalue weighted by Crippen LogP contribution is -2.35. The third kappa shape index (κ3) is 8.96. The van der Waals surface area contributed by atoms with Gasteiger partial charge in [0, 0.05) is 23.1 Å². The standard InChI is InChI=1S/C15H24ClNO3S/c1-3-10-17-14(5-4-11-21(2,18)19)12-20-15-8-6-13(16)7-9-15/h6-9,14,17H,3-5,10-12H2,1-2H3. The smallest absolute Gasteiger partial charge is 0.147 e. The van der Waals surface area contributed by atoms with Crippen molar-refractivity contribution in [1.29, 1.82) is 0 Å². The van der Waals surface area contributed by atoms with Gasteiger partial charge in [-0.25, -0.2) is 8.42 Å². The topological polar surface area (TPSA) is 55.4 Å². The molecule has 0 radical (unpaired) electrons. The third-order valence-corrected chi connectivity index (χ3v) is 4.30. The molecule has 0 heterocycles. The molecule has 21 heavy (non-hydrogen) atoms. The summed E-state index contributed by atoms with van der Waals surface area (Å²) >= 11 is 5.83. The van der Waals surface area contributed by atoms with E-state index in [0.717, 1.165) is 25.1 Å². The van der Waals surface area contributed by atoms with Gasteiger partial charge in [0.25, 0.3) is 0 Å². The summed E-state index contributed by atoms with van der Waals surface area (Å²) in [6, 6.07) is 7.39. The van der Waals surface area contributed by atoms with Gasteiger partial charge in [0.05, 0.1) is 0 Å². The van der Waals surface area contributed by atoms with Gasteiger partial charge in [0.1, 0.15) is 22.2 Å². The number of sulfone groups is 1. The quantitative estimate of drug-likeness (QED) is 0.715. The van der Waals surface area contributed by atoms with Gasteiger partial charge in [-0.2, -0.15) is 0 Å². The van der Waals surface area contributed by atoms with Crippen molar-refractivity contribution < 1.29 is 13.2 Å². The van der Waals surface area contributed by atoms with E-state index in [1.807, 2.05) is 12.1 Å². The molecule has 1 rings (SSSR count). The highest BCUT2D eigenvalue weighted by atomic mass is 35.5. The van der Waals surface area contributed by atoms with Gasteiger partial charge in [0.15, 0.2) is 0 Å². The number of benzene rings is 1. The van der Waals surface area contributed by atoms with Crippen LogP contribution in [0.5, 0.6) is 5.75 Å². The van der Waals surface area contributed by atoms with Gasteiger partial charge >= 0.3 is 0 Å². The molecule has 0 spiro atoms. The Hall–Kier alpha value is -0.780. The highest BCUT2D eigenvalue weighted by Gasteiger charge is 2.11. The monoisotopic (exact) mass is 333 g/mol. The number of nitrogens with one attached hydrogen (secondary N) is 1. The van der Waals surface area contributed by atoms with Crippen LogP contribution < -0.4 is 10.1 Å². The van der Waals surface area contributed by atoms with Crippen LogP contribution in [0.15, 0.2) is 24.3 Å². The van der Waals surface area contributed by atoms with Gasteiger partial charge in [-0.3, -0.25) is 0 Å². The predicted octanol–water partition coefficient (Wildman–Crippen LogP) is 2.91. The van der Waals surface area contributed by atoms with Crippen LogP contribution in [0.3, 0.4) is 0 Å². The van der Waals surface area contributed by atoms with Gasteiger partial charge in [-0.05, 0) is 50.1 Å². The zero-order valence-electron chi connectivity index (χ0n) is 12.6. The highest BCUT2D eigenvalue weighted by molar-refractivity contribution is 7.90. The maximum absolute atomic E-state index is 11.2. The van der Waals surface area contributed by atoms with Gasteiger partial charge in [-0.1, -0.05) is 18.5 Å². The Morgan fingerprint density at radius 3 is 2.52 bits per heavy atom. The van der Waals surface area contributed by atoms with Crippen LogP contribution >= 0.6 is 11.6 Å². The molecule has 1 unspecified atom stereocenters. The second-order valence-corrected chi connectivity index (χ2v) is 7.88. The Morgan fingerprint density at radius 1 is 1.29 bits per heavy atom. The van der Waals surface area contributed by atoms with Gasteiger partial charge in [-0.15, -0.1) is 0 Å². The summed E-state index contributed by atoms with van der Waals surface area (Å²) in [7, 11) is -2.90. The Labute approximate surface area is 132 Å². The van der Waals surface area contributed by atoms with Crippen molar-refractivity contribution in [2.45, 2.75) is 32.2 Å². The molecule has 0 aromatic heterocycles. The van der Waals surface area contributed by atoms with Crippen molar-refractivity contribution in [3.8, 4) is 5.75 Å². The summed E-state index contributed by atoms with van der Waals surface area (Å²) in [6.07, 6.45) is 3.72. The molecule has 1 aromatic carbocycles. The summed E-state index contributed by atoms with van der Waals surface area (Å²) in [5, 5.41) is 4.07. The minimum atomic E-state index is -2.90. The fourth-order valence-corrected chi connectivity index (χ4v) is 2.73. The van der Waals surface area contributed by atoms with E-state index in [9.17, 15) is 8.42 Å². The molecular weight excluding hydrogens is 310 g/mol. The van der Waals surface area contributed by atoms with Gasteiger partial charge < -0.3 is 10.1 Å². The van der Waals surface area contributed by atoms with Crippen LogP contribution in [-0.4, -0.2) is 39.6 Å². The van der Waals surface area contributed by atoms with Crippen molar-refractivity contribution >= 4 is 21.4 Å². The van der Waals surface area contributed by atoms with Crippen molar-refractivity contribution in [3.63, 3.8) is 0 Å². The lowest BCUT2D eigenvalue weighted by molar-refractivity contribution is 0.256. The molecule has 1 atom stereocenters. The molecular formula is C15H24ClNO3S. The number of rotatable bonds is 10. The maximum atomic E-state index is 11.2. The third-order valence-electron chi connectivity index (χ3n) is 3.02. The molecule has 0 aliphatic carbocycles. The molecule has 0 amide bonds. The summed E-state index contributed by atoms with van der Waals surface area (Å²) in [6.45, 7) is 3.51. The van der Waals surface area contributed by atoms with Crippen molar-refractivity contribution in [2.24, 2.45) is 0 Å². The van der Waals surface area contributed by atoms with Crippen LogP contribution in [0.2, 0.25) is 5.02 Å². The molecule has 0 saturated carbocycles. The SMILES string of the molecule is CCCNC(CCCS(C)(=O)=O)COc1ccc(Cl)cc1. The number of hydrogen-bond acceptors (Lipinski definition) is 4. The Bertz CT molecular complexity index is 502. The summed E-state index contributed by atoms with van der Waals surface area (Å²) in [4.78, 5) is 0. The lowest BCUT2D eigenvalue weighted by Gasteiger charge is -2.19. The molecule has 4 nitrogen and oxygen atoms in total. The molecule has 1 aromatic rings. The largest absolute Gasteiger partial charge is 0.492 e. The first kappa shape index (κ1) is 18.3. The predicted molar refractivity (Wildman–Crippen MR) is 88.0 cm³/mol. The zero-order valence-corrected chi connectivity index (χ0v) is 14.2. The first-order valence-electron chi connectivity index (χ1n) is 7.20. The average Bonchev–Trinajstić information content (AvgIpc) is 2.41. The lowest BCUT2D eigenvalue weighted by atomic mass is 10.2. The molecule has 6 heteroatoms. The first-order chi connectivity index (χ1) is 9.90. The summed E-state index contributed by atoms with van der Waals surface area (Å²) < 4.78 is 28.1. The number of hydrogen-bond donors (Lipinski definition) is 1. The van der Waals surface area contributed by atoms with E-state index in [-0.39, 0.29) is 11.8 Å². The average molecular weight is 334 g/mol. The molecule has 0 bridgehead atoms. The number of ether oxygens (including phenoxy) is 1. The van der Waals surface area contributed by atoms with E-state index in [1.54, 1.807) is 12.1 Å². The van der Waals surface area contributed by atoms with E-state index in [4.69, 9.17) is 16.3 Å². The fourth-order valence-electron chi connectivity index (χ4n) is 1.91. The van der Waals surface area contributed by atoms with Crippen LogP contribution in [0.1, 0.15) is 26.2 Å². The molecule has 0 aliphatic rings. The van der Waals surface area contributed by atoms with Crippen LogP contribution in [0, 0.1) is 0 Å². The van der Waals surface area contributed by atoms with Crippen molar-refractivity contribution in [3.05, 3.63) is 29.3 Å². The van der Waals surface area contributed by atoms with Crippen LogP contribution in [0.25, 0.3) is 0 Å². The second kappa shape index (κ2) is 9.28. The first-order valence-corrected chi connectivity index (χ1v) is 9.64. The Kier molecular flexibility index (Phi) is 8.07. The maximum Gasteiger partial charge on any atom is 0.147 e. The molecule has 1 N–H and O–H groups in total. The van der Waals surface area contributed by atoms with Crippen LogP contribution in [-0.2, 0) is 9.84 Å². The highest BCUT2D eigenvalue weighted by Crippen LogP contribution is 2.16. The zero-order chi connectivity index (χ0) is 15.7. The molecule has 0 aliphatic heterocycles. The minimum absolute atomic E-state index is 0.155. The summed E-state index contributed by atoms with van der Waals surface area (Å²) in [5.41, 5.74) is 0. The van der Waals surface area contributed by atoms with E-state index >= 15 is 0 Å². The van der Waals surface area contributed by atoms with E-state index < -0.39 is 9.84 Å². The Balaban J connectivity index is 2.43. The Morgan fingerprint density at radius 2 is 1.95 bits per heavy atom. The normalized spacial score (nSPS) is 13.1. The van der Waals surface area contributed by atoms with E-state index in [1.165, 1.54) is 6.26 Å². The minimum Gasteiger partial charge on any atom is -0.492 e. The second-order valence-electron chi connectivity index (χ2n) is 5.19. The van der Waals surface area contributed by atoms with E-state index in [0.29, 0.717) is 18.1 Å². The molecule has 0 fully saturated rings. The van der Waals surface area contributed by atoms with Gasteiger partial charge in [0.2, 0.25) is 0 Å². The number of halogens is 1. The summed E-state index contributed by atoms with van der Waals surface area (Å²) in [5.74, 6) is 0.990. The van der Waals surface area contributed by atoms with Crippen molar-refractivity contribution in [1.82, 2.24) is 5.32 Å². The van der Waals surface area contributed by atoms with Crippen LogP contribution in [0.4, 0.5) is 0 Å². The molecule has 120 valence electrons. The van der Waals surface area contributed by atoms with E-state index in [2.05, 4.69) is 12.2 Å². The fraction of sp³-hybridized carbons (Fsp3) is 0.600. The van der Waals surface area contributed by atoms with Crippen molar-refractivity contribution in [2.75, 3.05) is 25.2 Å².